The van der Waals surface area contributed by atoms with Crippen molar-refractivity contribution in [2.45, 2.75) is 13.1 Å². The zero-order valence-electron chi connectivity index (χ0n) is 13.8. The Morgan fingerprint density at radius 3 is 2.38 bits per heavy atom. The van der Waals surface area contributed by atoms with Crippen LogP contribution in [-0.2, 0) is 20.5 Å². The number of hydrogen-bond acceptors (Lipinski definition) is 4. The molecule has 138 valence electrons. The molecular formula is C18H16F3NO4. The number of esters is 1. The molecule has 1 N–H and O–H groups in total. The van der Waals surface area contributed by atoms with E-state index < -0.39 is 36.8 Å². The van der Waals surface area contributed by atoms with E-state index in [1.807, 2.05) is 19.1 Å². The summed E-state index contributed by atoms with van der Waals surface area (Å²) in [4.78, 5) is 23.2. The van der Waals surface area contributed by atoms with Crippen molar-refractivity contribution in [1.29, 1.82) is 0 Å². The van der Waals surface area contributed by atoms with E-state index >= 15 is 0 Å². The van der Waals surface area contributed by atoms with E-state index in [-0.39, 0.29) is 5.75 Å². The van der Waals surface area contributed by atoms with Crippen molar-refractivity contribution in [3.05, 3.63) is 59.7 Å². The molecule has 0 unspecified atom stereocenters. The Kier molecular flexibility index (Phi) is 6.21. The van der Waals surface area contributed by atoms with Crippen LogP contribution in [0.5, 0.6) is 5.75 Å². The van der Waals surface area contributed by atoms with Crippen LogP contribution in [0.2, 0.25) is 0 Å². The second-order valence-electron chi connectivity index (χ2n) is 5.39. The Balaban J connectivity index is 1.77. The number of amides is 1. The van der Waals surface area contributed by atoms with Gasteiger partial charge in [-0.15, -0.1) is 0 Å². The maximum atomic E-state index is 12.6. The molecule has 5 nitrogen and oxygen atoms in total. The maximum Gasteiger partial charge on any atom is 0.416 e. The second kappa shape index (κ2) is 8.37. The first kappa shape index (κ1) is 19.3. The van der Waals surface area contributed by atoms with E-state index in [2.05, 4.69) is 5.32 Å². The monoisotopic (exact) mass is 367 g/mol. The van der Waals surface area contributed by atoms with Crippen LogP contribution in [-0.4, -0.2) is 25.1 Å². The van der Waals surface area contributed by atoms with Crippen molar-refractivity contribution in [1.82, 2.24) is 0 Å². The molecule has 2 rings (SSSR count). The standard InChI is InChI=1S/C18H16F3NO4/c1-12-5-7-14(8-6-12)22-16(23)10-26-17(24)11-25-15-4-2-3-13(9-15)18(19,20)21/h2-9H,10-11H2,1H3,(H,22,23). The number of benzene rings is 2. The smallest absolute Gasteiger partial charge is 0.416 e. The molecule has 0 saturated carbocycles. The van der Waals surface area contributed by atoms with Gasteiger partial charge in [0.1, 0.15) is 5.75 Å². The highest BCUT2D eigenvalue weighted by Crippen LogP contribution is 2.31. The number of carbonyl (C=O) groups excluding carboxylic acids is 2. The van der Waals surface area contributed by atoms with Crippen LogP contribution in [0.3, 0.4) is 0 Å². The SMILES string of the molecule is Cc1ccc(NC(=O)COC(=O)COc2cccc(C(F)(F)F)c2)cc1. The fourth-order valence-corrected chi connectivity index (χ4v) is 1.93. The number of nitrogens with one attached hydrogen (secondary N) is 1. The fraction of sp³-hybridized carbons (Fsp3) is 0.222. The summed E-state index contributed by atoms with van der Waals surface area (Å²) < 4.78 is 47.4. The summed E-state index contributed by atoms with van der Waals surface area (Å²) in [5, 5.41) is 2.54. The normalized spacial score (nSPS) is 10.9. The molecule has 8 heteroatoms. The topological polar surface area (TPSA) is 64.6 Å². The van der Waals surface area contributed by atoms with Gasteiger partial charge in [0, 0.05) is 5.69 Å². The lowest BCUT2D eigenvalue weighted by molar-refractivity contribution is -0.149. The average Bonchev–Trinajstić information content (AvgIpc) is 2.60. The van der Waals surface area contributed by atoms with Crippen molar-refractivity contribution in [2.24, 2.45) is 0 Å². The summed E-state index contributed by atoms with van der Waals surface area (Å²) in [5.74, 6) is -1.54. The molecule has 0 spiro atoms. The van der Waals surface area contributed by atoms with Crippen molar-refractivity contribution in [3.8, 4) is 5.75 Å². The molecule has 1 amide bonds. The van der Waals surface area contributed by atoms with E-state index in [0.29, 0.717) is 5.69 Å². The lowest BCUT2D eigenvalue weighted by Gasteiger charge is -2.10. The number of rotatable bonds is 6. The quantitative estimate of drug-likeness (QED) is 0.793. The average molecular weight is 367 g/mol. The predicted molar refractivity (Wildman–Crippen MR) is 87.7 cm³/mol. The fourth-order valence-electron chi connectivity index (χ4n) is 1.93. The van der Waals surface area contributed by atoms with E-state index in [4.69, 9.17) is 9.47 Å². The summed E-state index contributed by atoms with van der Waals surface area (Å²) in [5.41, 5.74) is 0.693. The second-order valence-corrected chi connectivity index (χ2v) is 5.39. The molecule has 0 saturated heterocycles. The molecule has 0 aromatic heterocycles. The van der Waals surface area contributed by atoms with Crippen LogP contribution in [0.4, 0.5) is 18.9 Å². The van der Waals surface area contributed by atoms with Crippen LogP contribution in [0.1, 0.15) is 11.1 Å². The van der Waals surface area contributed by atoms with Gasteiger partial charge in [-0.05, 0) is 37.3 Å². The number of alkyl halides is 3. The van der Waals surface area contributed by atoms with Gasteiger partial charge in [-0.2, -0.15) is 13.2 Å². The summed E-state index contributed by atoms with van der Waals surface area (Å²) in [6.07, 6.45) is -4.51. The minimum atomic E-state index is -4.51. The number of halogens is 3. The number of hydrogen-bond donors (Lipinski definition) is 1. The lowest BCUT2D eigenvalue weighted by atomic mass is 10.2. The Bertz CT molecular complexity index is 773. The van der Waals surface area contributed by atoms with Crippen LogP contribution < -0.4 is 10.1 Å². The van der Waals surface area contributed by atoms with Crippen molar-refractivity contribution in [2.75, 3.05) is 18.5 Å². The first-order chi connectivity index (χ1) is 12.2. The van der Waals surface area contributed by atoms with Crippen LogP contribution in [0, 0.1) is 6.92 Å². The molecule has 0 atom stereocenters. The van der Waals surface area contributed by atoms with Gasteiger partial charge in [0.25, 0.3) is 5.91 Å². The Morgan fingerprint density at radius 1 is 1.04 bits per heavy atom. The molecule has 0 aliphatic rings. The zero-order chi connectivity index (χ0) is 19.2. The molecule has 0 bridgehead atoms. The molecule has 26 heavy (non-hydrogen) atoms. The maximum absolute atomic E-state index is 12.6. The van der Waals surface area contributed by atoms with Gasteiger partial charge in [0.15, 0.2) is 13.2 Å². The third kappa shape index (κ3) is 6.12. The highest BCUT2D eigenvalue weighted by molar-refractivity contribution is 5.92. The lowest BCUT2D eigenvalue weighted by Crippen LogP contribution is -2.23. The highest BCUT2D eigenvalue weighted by atomic mass is 19.4. The van der Waals surface area contributed by atoms with Gasteiger partial charge in [-0.25, -0.2) is 4.79 Å². The van der Waals surface area contributed by atoms with Gasteiger partial charge >= 0.3 is 12.1 Å². The molecule has 0 fully saturated rings. The number of carbonyl (C=O) groups is 2. The molecule has 0 aliphatic heterocycles. The van der Waals surface area contributed by atoms with E-state index in [9.17, 15) is 22.8 Å². The van der Waals surface area contributed by atoms with Crippen LogP contribution in [0.15, 0.2) is 48.5 Å². The Hall–Kier alpha value is -3.03. The van der Waals surface area contributed by atoms with Crippen LogP contribution >= 0.6 is 0 Å². The first-order valence-corrected chi connectivity index (χ1v) is 7.56. The van der Waals surface area contributed by atoms with Crippen molar-refractivity contribution < 1.29 is 32.2 Å². The van der Waals surface area contributed by atoms with Gasteiger partial charge in [0.05, 0.1) is 5.56 Å². The zero-order valence-corrected chi connectivity index (χ0v) is 13.8. The number of aryl methyl sites for hydroxylation is 1. The summed E-state index contributed by atoms with van der Waals surface area (Å²) in [6.45, 7) is 0.759. The predicted octanol–water partition coefficient (Wildman–Crippen LogP) is 3.57. The van der Waals surface area contributed by atoms with Gasteiger partial charge in [0.2, 0.25) is 0 Å². The Morgan fingerprint density at radius 2 is 1.73 bits per heavy atom. The van der Waals surface area contributed by atoms with E-state index in [1.54, 1.807) is 12.1 Å². The van der Waals surface area contributed by atoms with Crippen molar-refractivity contribution >= 4 is 17.6 Å². The minimum Gasteiger partial charge on any atom is -0.482 e. The highest BCUT2D eigenvalue weighted by Gasteiger charge is 2.30. The van der Waals surface area contributed by atoms with Gasteiger partial charge < -0.3 is 14.8 Å². The molecule has 0 aliphatic carbocycles. The molecule has 0 radical (unpaired) electrons. The van der Waals surface area contributed by atoms with E-state index in [0.717, 1.165) is 17.7 Å². The van der Waals surface area contributed by atoms with Gasteiger partial charge in [-0.1, -0.05) is 23.8 Å². The van der Waals surface area contributed by atoms with Crippen molar-refractivity contribution in [3.63, 3.8) is 0 Å². The minimum absolute atomic E-state index is 0.124. The number of anilines is 1. The molecular weight excluding hydrogens is 351 g/mol. The van der Waals surface area contributed by atoms with E-state index in [1.165, 1.54) is 12.1 Å². The third-order valence-electron chi connectivity index (χ3n) is 3.22. The van der Waals surface area contributed by atoms with Gasteiger partial charge in [-0.3, -0.25) is 4.79 Å². The first-order valence-electron chi connectivity index (χ1n) is 7.56. The summed E-state index contributed by atoms with van der Waals surface area (Å²) in [6, 6.07) is 11.1. The van der Waals surface area contributed by atoms with Crippen LogP contribution in [0.25, 0.3) is 0 Å². The molecule has 0 heterocycles. The summed E-state index contributed by atoms with van der Waals surface area (Å²) in [7, 11) is 0. The summed E-state index contributed by atoms with van der Waals surface area (Å²) >= 11 is 0. The largest absolute Gasteiger partial charge is 0.482 e. The molecule has 2 aromatic carbocycles. The molecule has 2 aromatic rings. The third-order valence-corrected chi connectivity index (χ3v) is 3.22. The number of ether oxygens (including phenoxy) is 2. The Labute approximate surface area is 147 Å².